The van der Waals surface area contributed by atoms with Crippen molar-refractivity contribution in [3.8, 4) is 17.1 Å². The van der Waals surface area contributed by atoms with Crippen LogP contribution in [0.5, 0.6) is 6.01 Å². The van der Waals surface area contributed by atoms with Crippen molar-refractivity contribution >= 4 is 45.0 Å². The number of aromatic nitrogens is 3. The number of anilines is 1. The number of nitrogens with zero attached hydrogens (tertiary/aromatic N) is 6. The standard InChI is InChI=1S/C31H29ClF2N6O2/c1-17(33)30(41)39-9-8-26-27(39)15-40(26)29-22-7-6-18(23-13-35-12-19-4-3-5-24(32)28(19)23)10-25(22)36-31(37-29)42-16-21-11-20(34)14-38(21)2/h3-7,10,12-13,20-21,26-27H,1,8-9,11,14-16H2,2H3/t20-,21+,26-,27-/m1/s1. The number of alkyl halides is 1. The van der Waals surface area contributed by atoms with Gasteiger partial charge in [0.25, 0.3) is 5.91 Å². The van der Waals surface area contributed by atoms with Crippen LogP contribution in [0, 0.1) is 0 Å². The SMILES string of the molecule is C=C(F)C(=O)N1CC[C@@H]2[C@H]1CN2c1nc(OC[C@@H]2C[C@@H](F)CN2C)nc2cc(-c3cncc4cccc(Cl)c34)ccc12. The molecule has 2 aromatic carbocycles. The Morgan fingerprint density at radius 2 is 2.02 bits per heavy atom. The highest BCUT2D eigenvalue weighted by atomic mass is 35.5. The fourth-order valence-corrected chi connectivity index (χ4v) is 6.88. The average molecular weight is 591 g/mol. The summed E-state index contributed by atoms with van der Waals surface area (Å²) >= 11 is 6.61. The maximum Gasteiger partial charge on any atom is 0.319 e. The molecule has 0 bridgehead atoms. The molecule has 0 N–H and O–H groups in total. The zero-order valence-electron chi connectivity index (χ0n) is 23.0. The van der Waals surface area contributed by atoms with Gasteiger partial charge < -0.3 is 14.5 Å². The molecule has 2 aromatic heterocycles. The Balaban J connectivity index is 1.27. The third kappa shape index (κ3) is 4.53. The molecule has 42 heavy (non-hydrogen) atoms. The van der Waals surface area contributed by atoms with Crippen molar-refractivity contribution in [1.82, 2.24) is 24.8 Å². The Bertz CT molecular complexity index is 1730. The summed E-state index contributed by atoms with van der Waals surface area (Å²) in [7, 11) is 1.88. The van der Waals surface area contributed by atoms with E-state index in [2.05, 4.69) is 16.5 Å². The van der Waals surface area contributed by atoms with E-state index in [0.29, 0.717) is 48.8 Å². The fraction of sp³-hybridized carbons (Fsp3) is 0.355. The molecule has 4 atom stereocenters. The molecule has 3 aliphatic rings. The lowest BCUT2D eigenvalue weighted by atomic mass is 9.95. The molecule has 3 fully saturated rings. The van der Waals surface area contributed by atoms with Gasteiger partial charge in [0.1, 0.15) is 18.6 Å². The molecule has 3 saturated heterocycles. The molecule has 8 nitrogen and oxygen atoms in total. The minimum Gasteiger partial charge on any atom is -0.462 e. The Morgan fingerprint density at radius 3 is 2.81 bits per heavy atom. The molecule has 0 aliphatic carbocycles. The summed E-state index contributed by atoms with van der Waals surface area (Å²) in [4.78, 5) is 32.0. The van der Waals surface area contributed by atoms with Crippen LogP contribution in [-0.2, 0) is 4.79 Å². The maximum absolute atomic E-state index is 14.0. The van der Waals surface area contributed by atoms with Crippen molar-refractivity contribution < 1.29 is 18.3 Å². The van der Waals surface area contributed by atoms with Gasteiger partial charge in [0.05, 0.1) is 17.6 Å². The van der Waals surface area contributed by atoms with E-state index in [0.717, 1.165) is 27.3 Å². The van der Waals surface area contributed by atoms with E-state index < -0.39 is 17.9 Å². The predicted molar refractivity (Wildman–Crippen MR) is 158 cm³/mol. The van der Waals surface area contributed by atoms with Gasteiger partial charge in [0, 0.05) is 64.8 Å². The molecule has 11 heteroatoms. The first-order valence-electron chi connectivity index (χ1n) is 14.0. The minimum absolute atomic E-state index is 0.00624. The van der Waals surface area contributed by atoms with Gasteiger partial charge in [0.2, 0.25) is 0 Å². The number of carbonyl (C=O) groups excluding carboxylic acids is 1. The van der Waals surface area contributed by atoms with Gasteiger partial charge >= 0.3 is 6.01 Å². The highest BCUT2D eigenvalue weighted by Gasteiger charge is 2.50. The lowest BCUT2D eigenvalue weighted by Crippen LogP contribution is -2.63. The molecular weight excluding hydrogens is 562 g/mol. The number of fused-ring (bicyclic) bond motifs is 3. The Kier molecular flexibility index (Phi) is 6.70. The second kappa shape index (κ2) is 10.4. The van der Waals surface area contributed by atoms with Crippen LogP contribution in [0.2, 0.25) is 5.02 Å². The first-order valence-corrected chi connectivity index (χ1v) is 14.4. The van der Waals surface area contributed by atoms with Gasteiger partial charge in [-0.25, -0.2) is 8.78 Å². The zero-order chi connectivity index (χ0) is 29.1. The van der Waals surface area contributed by atoms with Crippen LogP contribution in [0.4, 0.5) is 14.6 Å². The van der Waals surface area contributed by atoms with E-state index in [1.165, 1.54) is 0 Å². The highest BCUT2D eigenvalue weighted by molar-refractivity contribution is 6.36. The summed E-state index contributed by atoms with van der Waals surface area (Å²) in [5.74, 6) is -0.911. The number of rotatable bonds is 6. The average Bonchev–Trinajstić information content (AvgIpc) is 3.47. The number of carbonyl (C=O) groups is 1. The Morgan fingerprint density at radius 1 is 1.17 bits per heavy atom. The van der Waals surface area contributed by atoms with E-state index in [9.17, 15) is 13.6 Å². The molecule has 0 spiro atoms. The van der Waals surface area contributed by atoms with Gasteiger partial charge in [-0.1, -0.05) is 36.4 Å². The van der Waals surface area contributed by atoms with Crippen molar-refractivity contribution in [2.45, 2.75) is 37.1 Å². The zero-order valence-corrected chi connectivity index (χ0v) is 23.8. The van der Waals surface area contributed by atoms with Crippen LogP contribution in [0.15, 0.2) is 61.2 Å². The van der Waals surface area contributed by atoms with Gasteiger partial charge in [-0.15, -0.1) is 0 Å². The van der Waals surface area contributed by atoms with Crippen LogP contribution >= 0.6 is 11.6 Å². The molecule has 0 radical (unpaired) electrons. The van der Waals surface area contributed by atoms with Gasteiger partial charge in [-0.05, 0) is 43.7 Å². The van der Waals surface area contributed by atoms with Crippen LogP contribution in [0.3, 0.4) is 0 Å². The molecular formula is C31H29ClF2N6O2. The van der Waals surface area contributed by atoms with Gasteiger partial charge in [-0.3, -0.25) is 14.7 Å². The molecule has 1 amide bonds. The van der Waals surface area contributed by atoms with E-state index in [4.69, 9.17) is 26.3 Å². The number of benzene rings is 2. The lowest BCUT2D eigenvalue weighted by Gasteiger charge is -2.47. The predicted octanol–water partition coefficient (Wildman–Crippen LogP) is 5.19. The number of halogens is 3. The smallest absolute Gasteiger partial charge is 0.319 e. The van der Waals surface area contributed by atoms with Crippen LogP contribution < -0.4 is 9.64 Å². The van der Waals surface area contributed by atoms with Crippen LogP contribution in [0.1, 0.15) is 12.8 Å². The summed E-state index contributed by atoms with van der Waals surface area (Å²) in [5, 5.41) is 3.29. The second-order valence-electron chi connectivity index (χ2n) is 11.3. The summed E-state index contributed by atoms with van der Waals surface area (Å²) in [6.07, 6.45) is 3.78. The van der Waals surface area contributed by atoms with Gasteiger partial charge in [-0.2, -0.15) is 9.97 Å². The Labute approximate surface area is 246 Å². The molecule has 4 aromatic rings. The normalized spacial score (nSPS) is 23.8. The van der Waals surface area contributed by atoms with Crippen molar-refractivity contribution in [3.05, 3.63) is 66.2 Å². The van der Waals surface area contributed by atoms with Crippen molar-refractivity contribution in [2.75, 3.05) is 38.2 Å². The number of likely N-dealkylation sites (tertiary alicyclic amines) is 2. The largest absolute Gasteiger partial charge is 0.462 e. The monoisotopic (exact) mass is 590 g/mol. The number of amides is 1. The summed E-state index contributed by atoms with van der Waals surface area (Å²) in [5.41, 5.74) is 2.44. The third-order valence-corrected chi connectivity index (χ3v) is 9.12. The van der Waals surface area contributed by atoms with Crippen LogP contribution in [0.25, 0.3) is 32.8 Å². The topological polar surface area (TPSA) is 74.7 Å². The Hall–Kier alpha value is -3.89. The number of hydrogen-bond acceptors (Lipinski definition) is 7. The van der Waals surface area contributed by atoms with Crippen molar-refractivity contribution in [2.24, 2.45) is 0 Å². The summed E-state index contributed by atoms with van der Waals surface area (Å²) in [6.45, 7) is 4.79. The van der Waals surface area contributed by atoms with Crippen molar-refractivity contribution in [1.29, 1.82) is 0 Å². The first-order chi connectivity index (χ1) is 20.3. The molecule has 7 rings (SSSR count). The molecule has 0 saturated carbocycles. The number of ether oxygens (including phenoxy) is 1. The third-order valence-electron chi connectivity index (χ3n) is 8.80. The number of likely N-dealkylation sites (N-methyl/N-ethyl adjacent to an activating group) is 1. The molecule has 216 valence electrons. The van der Waals surface area contributed by atoms with E-state index in [1.54, 1.807) is 17.3 Å². The van der Waals surface area contributed by atoms with E-state index in [-0.39, 0.29) is 30.7 Å². The summed E-state index contributed by atoms with van der Waals surface area (Å²) < 4.78 is 33.7. The number of hydrogen-bond donors (Lipinski definition) is 0. The van der Waals surface area contributed by atoms with Crippen LogP contribution in [-0.4, -0.2) is 88.2 Å². The fourth-order valence-electron chi connectivity index (χ4n) is 6.60. The minimum atomic E-state index is -0.944. The van der Waals surface area contributed by atoms with Crippen molar-refractivity contribution in [3.63, 3.8) is 0 Å². The second-order valence-corrected chi connectivity index (χ2v) is 11.7. The van der Waals surface area contributed by atoms with E-state index in [1.807, 2.05) is 48.3 Å². The quantitative estimate of drug-likeness (QED) is 0.286. The highest BCUT2D eigenvalue weighted by Crippen LogP contribution is 2.41. The summed E-state index contributed by atoms with van der Waals surface area (Å²) in [6, 6.07) is 11.7. The number of pyridine rings is 1. The maximum atomic E-state index is 14.0. The molecule has 3 aliphatic heterocycles. The van der Waals surface area contributed by atoms with E-state index >= 15 is 0 Å². The van der Waals surface area contributed by atoms with Gasteiger partial charge in [0.15, 0.2) is 5.83 Å². The molecule has 5 heterocycles. The molecule has 0 unspecified atom stereocenters. The lowest BCUT2D eigenvalue weighted by molar-refractivity contribution is -0.130. The first kappa shape index (κ1) is 27.0.